The number of carbonyl (C=O) groups is 2. The monoisotopic (exact) mass is 321 g/mol. The van der Waals surface area contributed by atoms with Crippen LogP contribution in [0.1, 0.15) is 20.8 Å². The van der Waals surface area contributed by atoms with Crippen molar-refractivity contribution < 1.29 is 14.7 Å². The molecule has 0 radical (unpaired) electrons. The van der Waals surface area contributed by atoms with Gasteiger partial charge in [0.15, 0.2) is 0 Å². The molecule has 0 spiro atoms. The van der Waals surface area contributed by atoms with E-state index in [1.54, 1.807) is 12.1 Å². The highest BCUT2D eigenvalue weighted by molar-refractivity contribution is 9.10. The molecule has 2 N–H and O–H groups in total. The maximum absolute atomic E-state index is 11.9. The summed E-state index contributed by atoms with van der Waals surface area (Å²) in [6.45, 7) is 0. The summed E-state index contributed by atoms with van der Waals surface area (Å²) in [4.78, 5) is 30.7. The van der Waals surface area contributed by atoms with Gasteiger partial charge in [0.05, 0.1) is 17.4 Å². The summed E-state index contributed by atoms with van der Waals surface area (Å²) in [5.41, 5.74) is 0.165. The summed E-state index contributed by atoms with van der Waals surface area (Å²) < 4.78 is 0.634. The van der Waals surface area contributed by atoms with Crippen molar-refractivity contribution in [1.82, 2.24) is 9.97 Å². The highest BCUT2D eigenvalue weighted by atomic mass is 79.9. The highest BCUT2D eigenvalue weighted by Crippen LogP contribution is 2.13. The summed E-state index contributed by atoms with van der Waals surface area (Å²) in [5, 5.41) is 11.5. The molecule has 0 aliphatic carbocycles. The fourth-order valence-electron chi connectivity index (χ4n) is 1.40. The van der Waals surface area contributed by atoms with Crippen molar-refractivity contribution in [2.24, 2.45) is 0 Å². The Morgan fingerprint density at radius 1 is 1.21 bits per heavy atom. The fourth-order valence-corrected chi connectivity index (χ4v) is 1.63. The largest absolute Gasteiger partial charge is 0.478 e. The van der Waals surface area contributed by atoms with E-state index in [-0.39, 0.29) is 11.3 Å². The quantitative estimate of drug-likeness (QED) is 0.845. The lowest BCUT2D eigenvalue weighted by molar-refractivity contribution is 0.0691. The van der Waals surface area contributed by atoms with Gasteiger partial charge in [-0.25, -0.2) is 9.78 Å². The van der Waals surface area contributed by atoms with Crippen LogP contribution in [0.4, 0.5) is 5.69 Å². The zero-order valence-electron chi connectivity index (χ0n) is 9.50. The Balaban J connectivity index is 2.25. The minimum atomic E-state index is -1.20. The van der Waals surface area contributed by atoms with Crippen molar-refractivity contribution in [3.8, 4) is 0 Å². The third kappa shape index (κ3) is 3.14. The molecule has 0 fully saturated rings. The second kappa shape index (κ2) is 5.57. The molecule has 7 heteroatoms. The Kier molecular flexibility index (Phi) is 3.86. The number of nitrogens with zero attached hydrogens (tertiary/aromatic N) is 2. The maximum Gasteiger partial charge on any atom is 0.338 e. The first-order valence-electron chi connectivity index (χ1n) is 5.19. The van der Waals surface area contributed by atoms with E-state index in [1.807, 2.05) is 0 Å². The molecule has 0 bridgehead atoms. The van der Waals surface area contributed by atoms with E-state index in [4.69, 9.17) is 5.11 Å². The van der Waals surface area contributed by atoms with E-state index >= 15 is 0 Å². The molecular weight excluding hydrogens is 314 g/mol. The first-order chi connectivity index (χ1) is 9.08. The molecule has 0 aromatic carbocycles. The normalized spacial score (nSPS) is 9.95. The SMILES string of the molecule is O=C(O)c1cccnc1C(=O)Nc1ccc(Br)nc1. The van der Waals surface area contributed by atoms with Crippen molar-refractivity contribution in [2.75, 3.05) is 5.32 Å². The minimum Gasteiger partial charge on any atom is -0.478 e. The topological polar surface area (TPSA) is 92.2 Å². The lowest BCUT2D eigenvalue weighted by Gasteiger charge is -2.06. The van der Waals surface area contributed by atoms with Crippen LogP contribution >= 0.6 is 15.9 Å². The Bertz CT molecular complexity index is 628. The van der Waals surface area contributed by atoms with Crippen molar-refractivity contribution in [3.05, 3.63) is 52.5 Å². The van der Waals surface area contributed by atoms with Gasteiger partial charge in [-0.1, -0.05) is 0 Å². The number of hydrogen-bond acceptors (Lipinski definition) is 4. The van der Waals surface area contributed by atoms with Crippen LogP contribution in [0.25, 0.3) is 0 Å². The smallest absolute Gasteiger partial charge is 0.338 e. The molecule has 2 aromatic rings. The van der Waals surface area contributed by atoms with Gasteiger partial charge >= 0.3 is 5.97 Å². The molecule has 0 saturated heterocycles. The molecule has 1 amide bonds. The molecule has 6 nitrogen and oxygen atoms in total. The molecule has 0 aliphatic rings. The van der Waals surface area contributed by atoms with E-state index in [2.05, 4.69) is 31.2 Å². The van der Waals surface area contributed by atoms with Crippen molar-refractivity contribution in [1.29, 1.82) is 0 Å². The second-order valence-electron chi connectivity index (χ2n) is 3.53. The van der Waals surface area contributed by atoms with Gasteiger partial charge in [0.25, 0.3) is 5.91 Å². The molecule has 96 valence electrons. The van der Waals surface area contributed by atoms with Crippen LogP contribution in [0, 0.1) is 0 Å². The first-order valence-corrected chi connectivity index (χ1v) is 5.98. The predicted octanol–water partition coefficient (Wildman–Crippen LogP) is 2.19. The molecule has 0 unspecified atom stereocenters. The Labute approximate surface area is 116 Å². The summed E-state index contributed by atoms with van der Waals surface area (Å²) >= 11 is 3.17. The predicted molar refractivity (Wildman–Crippen MR) is 71.1 cm³/mol. The van der Waals surface area contributed by atoms with E-state index in [0.29, 0.717) is 10.3 Å². The molecule has 19 heavy (non-hydrogen) atoms. The number of halogens is 1. The Morgan fingerprint density at radius 2 is 2.00 bits per heavy atom. The minimum absolute atomic E-state index is 0.141. The van der Waals surface area contributed by atoms with Crippen LogP contribution < -0.4 is 5.32 Å². The van der Waals surface area contributed by atoms with Gasteiger partial charge in [0.1, 0.15) is 10.3 Å². The van der Waals surface area contributed by atoms with Crippen LogP contribution in [0.2, 0.25) is 0 Å². The zero-order valence-corrected chi connectivity index (χ0v) is 11.1. The molecule has 2 heterocycles. The Morgan fingerprint density at radius 3 is 2.63 bits per heavy atom. The van der Waals surface area contributed by atoms with E-state index in [0.717, 1.165) is 0 Å². The van der Waals surface area contributed by atoms with Gasteiger partial charge in [0, 0.05) is 6.20 Å². The molecule has 0 aliphatic heterocycles. The summed E-state index contributed by atoms with van der Waals surface area (Å²) in [6, 6.07) is 6.08. The standard InChI is InChI=1S/C12H8BrN3O3/c13-9-4-3-7(6-15-9)16-11(17)10-8(12(18)19)2-1-5-14-10/h1-6H,(H,16,17)(H,18,19). The molecule has 0 atom stereocenters. The van der Waals surface area contributed by atoms with Crippen LogP contribution in [0.3, 0.4) is 0 Å². The number of anilines is 1. The van der Waals surface area contributed by atoms with E-state index < -0.39 is 11.9 Å². The van der Waals surface area contributed by atoms with E-state index in [9.17, 15) is 9.59 Å². The molecule has 2 rings (SSSR count). The van der Waals surface area contributed by atoms with Crippen molar-refractivity contribution in [3.63, 3.8) is 0 Å². The fraction of sp³-hybridized carbons (Fsp3) is 0. The Hall–Kier alpha value is -2.28. The summed E-state index contributed by atoms with van der Waals surface area (Å²) in [5.74, 6) is -1.80. The van der Waals surface area contributed by atoms with Gasteiger partial charge in [0.2, 0.25) is 0 Å². The van der Waals surface area contributed by atoms with Gasteiger partial charge in [-0.3, -0.25) is 9.78 Å². The number of nitrogens with one attached hydrogen (secondary N) is 1. The van der Waals surface area contributed by atoms with Crippen LogP contribution in [0.5, 0.6) is 0 Å². The van der Waals surface area contributed by atoms with Crippen molar-refractivity contribution >= 4 is 33.5 Å². The highest BCUT2D eigenvalue weighted by Gasteiger charge is 2.17. The van der Waals surface area contributed by atoms with Gasteiger partial charge in [-0.15, -0.1) is 0 Å². The van der Waals surface area contributed by atoms with Gasteiger partial charge in [-0.05, 0) is 40.2 Å². The average molecular weight is 322 g/mol. The molecular formula is C12H8BrN3O3. The average Bonchev–Trinajstić information content (AvgIpc) is 2.41. The maximum atomic E-state index is 11.9. The zero-order chi connectivity index (χ0) is 13.8. The number of aromatic nitrogens is 2. The number of carbonyl (C=O) groups excluding carboxylic acids is 1. The van der Waals surface area contributed by atoms with Crippen molar-refractivity contribution in [2.45, 2.75) is 0 Å². The van der Waals surface area contributed by atoms with Crippen LogP contribution in [0.15, 0.2) is 41.3 Å². The molecule has 0 saturated carbocycles. The third-order valence-electron chi connectivity index (χ3n) is 2.24. The summed E-state index contributed by atoms with van der Waals surface area (Å²) in [6.07, 6.45) is 2.81. The number of hydrogen-bond donors (Lipinski definition) is 2. The number of aromatic carboxylic acids is 1. The number of carboxylic acid groups (broad SMARTS) is 1. The lowest BCUT2D eigenvalue weighted by Crippen LogP contribution is -2.18. The first kappa shape index (κ1) is 13.2. The lowest BCUT2D eigenvalue weighted by atomic mass is 10.2. The van der Waals surface area contributed by atoms with Gasteiger partial charge < -0.3 is 10.4 Å². The molecule has 2 aromatic heterocycles. The number of amides is 1. The number of rotatable bonds is 3. The van der Waals surface area contributed by atoms with Gasteiger partial charge in [-0.2, -0.15) is 0 Å². The van der Waals surface area contributed by atoms with Crippen LogP contribution in [-0.4, -0.2) is 27.0 Å². The third-order valence-corrected chi connectivity index (χ3v) is 2.71. The summed E-state index contributed by atoms with van der Waals surface area (Å²) in [7, 11) is 0. The number of carboxylic acids is 1. The van der Waals surface area contributed by atoms with E-state index in [1.165, 1.54) is 24.5 Å². The van der Waals surface area contributed by atoms with Crippen LogP contribution in [-0.2, 0) is 0 Å². The second-order valence-corrected chi connectivity index (χ2v) is 4.34. The number of pyridine rings is 2.